The van der Waals surface area contributed by atoms with Crippen LogP contribution in [-0.4, -0.2) is 92.7 Å². The molecule has 0 N–H and O–H groups in total. The molecule has 61 heavy (non-hydrogen) atoms. The minimum absolute atomic E-state index is 0.128. The number of nitrogens with zero attached hydrogens (tertiary/aromatic N) is 1. The molecule has 0 aromatic heterocycles. The van der Waals surface area contributed by atoms with E-state index in [2.05, 4.69) is 0 Å². The first-order valence-electron chi connectivity index (χ1n) is 20.9. The van der Waals surface area contributed by atoms with Crippen LogP contribution in [0.2, 0.25) is 0 Å². The summed E-state index contributed by atoms with van der Waals surface area (Å²) >= 11 is 0. The molecule has 4 fully saturated rings. The van der Waals surface area contributed by atoms with E-state index in [0.29, 0.717) is 6.61 Å². The highest BCUT2D eigenvalue weighted by Crippen LogP contribution is 2.42. The van der Waals surface area contributed by atoms with Gasteiger partial charge in [-0.15, -0.1) is 0 Å². The van der Waals surface area contributed by atoms with Crippen molar-refractivity contribution in [3.8, 4) is 0 Å². The van der Waals surface area contributed by atoms with Crippen LogP contribution in [0.25, 0.3) is 0 Å². The van der Waals surface area contributed by atoms with Gasteiger partial charge in [-0.25, -0.2) is 4.79 Å². The minimum atomic E-state index is -1.06. The molecule has 318 valence electrons. The van der Waals surface area contributed by atoms with E-state index in [-0.39, 0.29) is 33.0 Å². The summed E-state index contributed by atoms with van der Waals surface area (Å²) in [5.41, 5.74) is 4.70. The van der Waals surface area contributed by atoms with Gasteiger partial charge in [0.1, 0.15) is 42.7 Å². The summed E-state index contributed by atoms with van der Waals surface area (Å²) in [6.07, 6.45) is -8.28. The van der Waals surface area contributed by atoms with Crippen molar-refractivity contribution in [2.24, 2.45) is 0 Å². The Balaban J connectivity index is 1.07. The molecule has 12 nitrogen and oxygen atoms in total. The van der Waals surface area contributed by atoms with Crippen LogP contribution in [0.1, 0.15) is 34.1 Å². The summed E-state index contributed by atoms with van der Waals surface area (Å²) in [5, 5.41) is 0. The Labute approximate surface area is 356 Å². The molecule has 4 saturated heterocycles. The van der Waals surface area contributed by atoms with Gasteiger partial charge in [-0.2, -0.15) is 0 Å². The first kappa shape index (κ1) is 41.4. The van der Waals surface area contributed by atoms with Gasteiger partial charge in [0.25, 0.3) is 0 Å². The highest BCUT2D eigenvalue weighted by Gasteiger charge is 2.60. The Hall–Kier alpha value is -4.99. The fourth-order valence-corrected chi connectivity index (χ4v) is 8.46. The SMILES string of the molecule is CO[C@@H]1O[C@@H]2COC(c3ccccc3)O[C@H]2[C@H](O[C@@H]2O[C@H](COCc3ccccc3)[C@@H](OCc3ccccc3)[C@@H]3OC(=O)N(Cc4ccccc4)[C@@H]23)[C@H]1OCc1ccccc1. The third-order valence-electron chi connectivity index (χ3n) is 11.5. The van der Waals surface area contributed by atoms with Gasteiger partial charge in [0, 0.05) is 19.2 Å². The number of hydrogen-bond donors (Lipinski definition) is 0. The van der Waals surface area contributed by atoms with Gasteiger partial charge in [-0.1, -0.05) is 152 Å². The first-order chi connectivity index (χ1) is 30.1. The predicted molar refractivity (Wildman–Crippen MR) is 221 cm³/mol. The Kier molecular flexibility index (Phi) is 13.4. The number of ether oxygens (including phenoxy) is 10. The van der Waals surface area contributed by atoms with Gasteiger partial charge in [-0.05, 0) is 22.3 Å². The van der Waals surface area contributed by atoms with E-state index in [1.807, 2.05) is 152 Å². The van der Waals surface area contributed by atoms with Gasteiger partial charge >= 0.3 is 6.09 Å². The molecule has 0 saturated carbocycles. The van der Waals surface area contributed by atoms with Crippen LogP contribution in [0.4, 0.5) is 4.79 Å². The third kappa shape index (κ3) is 9.74. The average Bonchev–Trinajstić information content (AvgIpc) is 3.64. The van der Waals surface area contributed by atoms with Crippen molar-refractivity contribution in [3.05, 3.63) is 179 Å². The second-order valence-electron chi connectivity index (χ2n) is 15.6. The Morgan fingerprint density at radius 1 is 0.590 bits per heavy atom. The molecule has 1 unspecified atom stereocenters. The van der Waals surface area contributed by atoms with E-state index < -0.39 is 73.7 Å². The monoisotopic (exact) mass is 829 g/mol. The molecule has 0 spiro atoms. The number of carbonyl (C=O) groups is 1. The molecule has 0 radical (unpaired) electrons. The normalized spacial score (nSPS) is 29.7. The quantitative estimate of drug-likeness (QED) is 0.0995. The molecule has 11 atom stereocenters. The highest BCUT2D eigenvalue weighted by molar-refractivity contribution is 5.71. The van der Waals surface area contributed by atoms with Crippen molar-refractivity contribution in [2.45, 2.75) is 94.0 Å². The van der Waals surface area contributed by atoms with Gasteiger partial charge in [-0.3, -0.25) is 4.90 Å². The fraction of sp³-hybridized carbons (Fsp3) is 0.367. The first-order valence-corrected chi connectivity index (χ1v) is 20.9. The van der Waals surface area contributed by atoms with Crippen LogP contribution in [-0.2, 0) is 73.7 Å². The van der Waals surface area contributed by atoms with E-state index in [0.717, 1.165) is 27.8 Å². The molecule has 0 bridgehead atoms. The smallest absolute Gasteiger partial charge is 0.411 e. The average molecular weight is 830 g/mol. The molecular formula is C49H51NO11. The van der Waals surface area contributed by atoms with Gasteiger partial charge < -0.3 is 47.4 Å². The van der Waals surface area contributed by atoms with Crippen molar-refractivity contribution in [2.75, 3.05) is 20.3 Å². The van der Waals surface area contributed by atoms with Crippen LogP contribution in [0.5, 0.6) is 0 Å². The summed E-state index contributed by atoms with van der Waals surface area (Å²) in [6.45, 7) is 1.44. The van der Waals surface area contributed by atoms with E-state index >= 15 is 0 Å². The lowest BCUT2D eigenvalue weighted by molar-refractivity contribution is -0.390. The van der Waals surface area contributed by atoms with Crippen molar-refractivity contribution >= 4 is 6.09 Å². The number of fused-ring (bicyclic) bond motifs is 2. The van der Waals surface area contributed by atoms with Crippen molar-refractivity contribution in [1.29, 1.82) is 0 Å². The topological polar surface area (TPSA) is 113 Å². The Morgan fingerprint density at radius 2 is 1.15 bits per heavy atom. The summed E-state index contributed by atoms with van der Waals surface area (Å²) in [7, 11) is 1.57. The molecule has 12 heteroatoms. The van der Waals surface area contributed by atoms with Crippen LogP contribution < -0.4 is 0 Å². The molecular weight excluding hydrogens is 779 g/mol. The number of methoxy groups -OCH3 is 1. The lowest BCUT2D eigenvalue weighted by Gasteiger charge is -2.51. The lowest BCUT2D eigenvalue weighted by atomic mass is 9.94. The van der Waals surface area contributed by atoms with Crippen LogP contribution >= 0.6 is 0 Å². The highest BCUT2D eigenvalue weighted by atomic mass is 16.8. The molecule has 5 aromatic rings. The Bertz CT molecular complexity index is 2090. The second kappa shape index (κ2) is 19.8. The van der Waals surface area contributed by atoms with Crippen molar-refractivity contribution < 1.29 is 52.2 Å². The van der Waals surface area contributed by atoms with Crippen molar-refractivity contribution in [3.63, 3.8) is 0 Å². The van der Waals surface area contributed by atoms with Gasteiger partial charge in [0.2, 0.25) is 0 Å². The number of amides is 1. The number of carbonyl (C=O) groups excluding carboxylic acids is 1. The maximum Gasteiger partial charge on any atom is 0.411 e. The number of hydrogen-bond acceptors (Lipinski definition) is 11. The maximum absolute atomic E-state index is 14.2. The molecule has 0 aliphatic carbocycles. The Morgan fingerprint density at radius 3 is 1.75 bits per heavy atom. The summed E-state index contributed by atoms with van der Waals surface area (Å²) in [6, 6.07) is 48.5. The number of benzene rings is 5. The zero-order valence-electron chi connectivity index (χ0n) is 34.0. The molecule has 9 rings (SSSR count). The predicted octanol–water partition coefficient (Wildman–Crippen LogP) is 7.36. The molecule has 4 aliphatic heterocycles. The number of rotatable bonds is 16. The summed E-state index contributed by atoms with van der Waals surface area (Å²) in [4.78, 5) is 15.8. The van der Waals surface area contributed by atoms with E-state index in [4.69, 9.17) is 47.4 Å². The molecule has 5 aromatic carbocycles. The maximum atomic E-state index is 14.2. The standard InChI is InChI=1S/C49H51NO11/c1-52-48-45(55-30-36-23-13-5-14-24-36)44(42-39(58-48)32-56-46(59-42)37-25-15-6-16-26-37)60-47-40-43(61-49(51)50(40)27-33-17-7-2-8-18-33)41(54-29-35-21-11-4-12-22-35)38(57-47)31-53-28-34-19-9-3-10-20-34/h2-26,38-48H,27-32H2,1H3/t38-,39-,40-,41-,42-,43-,44+,45-,46?,47+,48-/m1/s1. The zero-order valence-corrected chi connectivity index (χ0v) is 34.0. The van der Waals surface area contributed by atoms with Crippen LogP contribution in [0.3, 0.4) is 0 Å². The lowest BCUT2D eigenvalue weighted by Crippen LogP contribution is -2.67. The van der Waals surface area contributed by atoms with E-state index in [1.54, 1.807) is 12.0 Å². The van der Waals surface area contributed by atoms with Crippen LogP contribution in [0, 0.1) is 0 Å². The molecule has 4 heterocycles. The minimum Gasteiger partial charge on any atom is -0.441 e. The fourth-order valence-electron chi connectivity index (χ4n) is 8.46. The van der Waals surface area contributed by atoms with Gasteiger partial charge in [0.15, 0.2) is 25.0 Å². The zero-order chi connectivity index (χ0) is 41.4. The summed E-state index contributed by atoms with van der Waals surface area (Å²) < 4.78 is 65.9. The van der Waals surface area contributed by atoms with Crippen LogP contribution in [0.15, 0.2) is 152 Å². The van der Waals surface area contributed by atoms with Crippen molar-refractivity contribution in [1.82, 2.24) is 4.90 Å². The van der Waals surface area contributed by atoms with Gasteiger partial charge in [0.05, 0.1) is 33.0 Å². The largest absolute Gasteiger partial charge is 0.441 e. The molecule has 4 aliphatic rings. The molecule has 1 amide bonds. The van der Waals surface area contributed by atoms with E-state index in [1.165, 1.54) is 0 Å². The third-order valence-corrected chi connectivity index (χ3v) is 11.5. The summed E-state index contributed by atoms with van der Waals surface area (Å²) in [5.74, 6) is 0. The second-order valence-corrected chi connectivity index (χ2v) is 15.6. The van der Waals surface area contributed by atoms with E-state index in [9.17, 15) is 4.79 Å².